The van der Waals surface area contributed by atoms with E-state index in [4.69, 9.17) is 0 Å². The minimum atomic E-state index is 0.121. The van der Waals surface area contributed by atoms with Gasteiger partial charge >= 0.3 is 0 Å². The third-order valence-corrected chi connectivity index (χ3v) is 5.35. The molecule has 0 bridgehead atoms. The number of nitrogens with one attached hydrogen (secondary N) is 1. The van der Waals surface area contributed by atoms with E-state index in [1.54, 1.807) is 0 Å². The molecule has 0 saturated heterocycles. The van der Waals surface area contributed by atoms with E-state index in [1.807, 2.05) is 42.7 Å². The molecule has 0 aromatic carbocycles. The first-order valence-corrected chi connectivity index (χ1v) is 8.50. The SMILES string of the molecule is Cc1nc(NC(C)c2ccccn2)c2c3c(sc2n1)CCC3. The fourth-order valence-electron chi connectivity index (χ4n) is 3.12. The van der Waals surface area contributed by atoms with Crippen LogP contribution in [-0.4, -0.2) is 15.0 Å². The summed E-state index contributed by atoms with van der Waals surface area (Å²) in [6.45, 7) is 4.08. The molecule has 0 fully saturated rings. The number of aryl methyl sites for hydroxylation is 3. The Kier molecular flexibility index (Phi) is 3.30. The molecule has 1 atom stereocenters. The van der Waals surface area contributed by atoms with Crippen molar-refractivity contribution >= 4 is 27.4 Å². The molecule has 0 radical (unpaired) electrons. The zero-order valence-electron chi connectivity index (χ0n) is 12.8. The molecule has 4 rings (SSSR count). The number of hydrogen-bond donors (Lipinski definition) is 1. The molecule has 0 spiro atoms. The van der Waals surface area contributed by atoms with Crippen LogP contribution in [0.4, 0.5) is 5.82 Å². The van der Waals surface area contributed by atoms with Crippen molar-refractivity contribution in [3.8, 4) is 0 Å². The van der Waals surface area contributed by atoms with Gasteiger partial charge in [-0.25, -0.2) is 9.97 Å². The molecule has 1 aliphatic rings. The lowest BCUT2D eigenvalue weighted by Crippen LogP contribution is -2.10. The summed E-state index contributed by atoms with van der Waals surface area (Å²) >= 11 is 1.83. The lowest BCUT2D eigenvalue weighted by atomic mass is 10.1. The predicted molar refractivity (Wildman–Crippen MR) is 90.5 cm³/mol. The standard InChI is InChI=1S/C17H18N4S/c1-10(13-7-3-4-9-18-13)19-16-15-12-6-5-8-14(12)22-17(15)21-11(2)20-16/h3-4,7,9-10H,5-6,8H2,1-2H3,(H,19,20,21). The molecule has 4 nitrogen and oxygen atoms in total. The minimum absolute atomic E-state index is 0.121. The van der Waals surface area contributed by atoms with Gasteiger partial charge in [-0.2, -0.15) is 0 Å². The maximum atomic E-state index is 4.67. The van der Waals surface area contributed by atoms with Crippen LogP contribution in [0.1, 0.15) is 41.3 Å². The summed E-state index contributed by atoms with van der Waals surface area (Å²) in [5.74, 6) is 1.78. The first-order chi connectivity index (χ1) is 10.7. The van der Waals surface area contributed by atoms with Crippen LogP contribution in [0.5, 0.6) is 0 Å². The highest BCUT2D eigenvalue weighted by atomic mass is 32.1. The van der Waals surface area contributed by atoms with Crippen molar-refractivity contribution in [1.82, 2.24) is 15.0 Å². The largest absolute Gasteiger partial charge is 0.361 e. The quantitative estimate of drug-likeness (QED) is 0.792. The number of thiophene rings is 1. The molecule has 112 valence electrons. The molecule has 0 aliphatic heterocycles. The molecule has 1 aliphatic carbocycles. The minimum Gasteiger partial charge on any atom is -0.361 e. The zero-order valence-corrected chi connectivity index (χ0v) is 13.6. The van der Waals surface area contributed by atoms with Gasteiger partial charge in [0.15, 0.2) is 0 Å². The van der Waals surface area contributed by atoms with Crippen LogP contribution < -0.4 is 5.32 Å². The number of rotatable bonds is 3. The second-order valence-corrected chi connectivity index (χ2v) is 6.86. The van der Waals surface area contributed by atoms with Crippen LogP contribution in [0.25, 0.3) is 10.2 Å². The van der Waals surface area contributed by atoms with Crippen molar-refractivity contribution in [2.24, 2.45) is 0 Å². The molecule has 1 unspecified atom stereocenters. The molecule has 1 N–H and O–H groups in total. The molecule has 22 heavy (non-hydrogen) atoms. The Morgan fingerprint density at radius 2 is 2.14 bits per heavy atom. The van der Waals surface area contributed by atoms with Gasteiger partial charge in [0.05, 0.1) is 17.1 Å². The van der Waals surface area contributed by atoms with Crippen LogP contribution in [0.15, 0.2) is 24.4 Å². The fourth-order valence-corrected chi connectivity index (χ4v) is 4.42. The van der Waals surface area contributed by atoms with Crippen LogP contribution in [-0.2, 0) is 12.8 Å². The number of hydrogen-bond acceptors (Lipinski definition) is 5. The first kappa shape index (κ1) is 13.6. The molecule has 3 aromatic heterocycles. The number of nitrogens with zero attached hydrogens (tertiary/aromatic N) is 3. The van der Waals surface area contributed by atoms with Gasteiger partial charge < -0.3 is 5.32 Å². The third-order valence-electron chi connectivity index (χ3n) is 4.16. The van der Waals surface area contributed by atoms with Crippen molar-refractivity contribution in [3.63, 3.8) is 0 Å². The molecule has 5 heteroatoms. The maximum Gasteiger partial charge on any atom is 0.139 e. The Morgan fingerprint density at radius 1 is 1.23 bits per heavy atom. The smallest absolute Gasteiger partial charge is 0.139 e. The second kappa shape index (κ2) is 5.32. The molecule has 3 aromatic rings. The lowest BCUT2D eigenvalue weighted by molar-refractivity contribution is 0.830. The third kappa shape index (κ3) is 2.25. The van der Waals surface area contributed by atoms with E-state index in [1.165, 1.54) is 28.7 Å². The van der Waals surface area contributed by atoms with E-state index in [2.05, 4.69) is 27.2 Å². The number of fused-ring (bicyclic) bond motifs is 3. The summed E-state index contributed by atoms with van der Waals surface area (Å²) in [6, 6.07) is 6.12. The van der Waals surface area contributed by atoms with Gasteiger partial charge in [-0.15, -0.1) is 11.3 Å². The highest BCUT2D eigenvalue weighted by molar-refractivity contribution is 7.19. The molecular formula is C17H18N4S. The lowest BCUT2D eigenvalue weighted by Gasteiger charge is -2.15. The van der Waals surface area contributed by atoms with Gasteiger partial charge in [0.1, 0.15) is 16.5 Å². The van der Waals surface area contributed by atoms with E-state index < -0.39 is 0 Å². The summed E-state index contributed by atoms with van der Waals surface area (Å²) in [5, 5.41) is 4.78. The molecule has 0 amide bonds. The number of pyridine rings is 1. The van der Waals surface area contributed by atoms with Crippen LogP contribution >= 0.6 is 11.3 Å². The summed E-state index contributed by atoms with van der Waals surface area (Å²) in [7, 11) is 0. The number of anilines is 1. The highest BCUT2D eigenvalue weighted by Gasteiger charge is 2.22. The van der Waals surface area contributed by atoms with Crippen LogP contribution in [0.3, 0.4) is 0 Å². The highest BCUT2D eigenvalue weighted by Crippen LogP contribution is 2.40. The average molecular weight is 310 g/mol. The molecule has 0 saturated carbocycles. The second-order valence-electron chi connectivity index (χ2n) is 5.78. The fraction of sp³-hybridized carbons (Fsp3) is 0.353. The zero-order chi connectivity index (χ0) is 15.1. The van der Waals surface area contributed by atoms with Gasteiger partial charge in [0, 0.05) is 11.1 Å². The van der Waals surface area contributed by atoms with E-state index in [0.29, 0.717) is 0 Å². The van der Waals surface area contributed by atoms with Gasteiger partial charge in [-0.1, -0.05) is 6.07 Å². The van der Waals surface area contributed by atoms with Crippen LogP contribution in [0.2, 0.25) is 0 Å². The Hall–Kier alpha value is -2.01. The van der Waals surface area contributed by atoms with Crippen molar-refractivity contribution in [2.75, 3.05) is 5.32 Å². The van der Waals surface area contributed by atoms with Crippen LogP contribution in [0, 0.1) is 6.92 Å². The number of aromatic nitrogens is 3. The summed E-state index contributed by atoms with van der Waals surface area (Å²) in [6.07, 6.45) is 5.41. The average Bonchev–Trinajstić information content (AvgIpc) is 3.08. The van der Waals surface area contributed by atoms with E-state index in [0.717, 1.165) is 28.6 Å². The Bertz CT molecular complexity index is 826. The van der Waals surface area contributed by atoms with Crippen molar-refractivity contribution in [1.29, 1.82) is 0 Å². The molecular weight excluding hydrogens is 292 g/mol. The van der Waals surface area contributed by atoms with E-state index in [-0.39, 0.29) is 6.04 Å². The summed E-state index contributed by atoms with van der Waals surface area (Å²) < 4.78 is 0. The summed E-state index contributed by atoms with van der Waals surface area (Å²) in [4.78, 5) is 16.3. The van der Waals surface area contributed by atoms with E-state index in [9.17, 15) is 0 Å². The van der Waals surface area contributed by atoms with E-state index >= 15 is 0 Å². The summed E-state index contributed by atoms with van der Waals surface area (Å²) in [5.41, 5.74) is 2.48. The topological polar surface area (TPSA) is 50.7 Å². The van der Waals surface area contributed by atoms with Gasteiger partial charge in [0.25, 0.3) is 0 Å². The van der Waals surface area contributed by atoms with Crippen molar-refractivity contribution in [2.45, 2.75) is 39.2 Å². The first-order valence-electron chi connectivity index (χ1n) is 7.68. The van der Waals surface area contributed by atoms with Crippen molar-refractivity contribution in [3.05, 3.63) is 46.4 Å². The molecule has 3 heterocycles. The monoisotopic (exact) mass is 310 g/mol. The van der Waals surface area contributed by atoms with Gasteiger partial charge in [0.2, 0.25) is 0 Å². The Balaban J connectivity index is 1.78. The Labute approximate surface area is 133 Å². The maximum absolute atomic E-state index is 4.67. The van der Waals surface area contributed by atoms with Gasteiger partial charge in [-0.05, 0) is 50.8 Å². The Morgan fingerprint density at radius 3 is 2.95 bits per heavy atom. The van der Waals surface area contributed by atoms with Gasteiger partial charge in [-0.3, -0.25) is 4.98 Å². The predicted octanol–water partition coefficient (Wildman–Crippen LogP) is 4.06. The normalized spacial score (nSPS) is 15.0. The van der Waals surface area contributed by atoms with Crippen molar-refractivity contribution < 1.29 is 0 Å².